The highest BCUT2D eigenvalue weighted by Crippen LogP contribution is 2.11. The van der Waals surface area contributed by atoms with Gasteiger partial charge in [0, 0.05) is 37.8 Å². The molecule has 110 valence electrons. The van der Waals surface area contributed by atoms with E-state index in [2.05, 4.69) is 22.2 Å². The summed E-state index contributed by atoms with van der Waals surface area (Å²) in [6, 6.07) is 1.96. The van der Waals surface area contributed by atoms with Crippen LogP contribution >= 0.6 is 0 Å². The van der Waals surface area contributed by atoms with Crippen molar-refractivity contribution in [3.8, 4) is 0 Å². The first kappa shape index (κ1) is 14.8. The third-order valence-corrected chi connectivity index (χ3v) is 3.61. The van der Waals surface area contributed by atoms with E-state index in [1.54, 1.807) is 0 Å². The van der Waals surface area contributed by atoms with E-state index in [0.717, 1.165) is 49.7 Å². The quantitative estimate of drug-likeness (QED) is 0.895. The van der Waals surface area contributed by atoms with Gasteiger partial charge >= 0.3 is 0 Å². The predicted molar refractivity (Wildman–Crippen MR) is 79.7 cm³/mol. The fraction of sp³-hybridized carbons (Fsp3) is 0.667. The fourth-order valence-corrected chi connectivity index (χ4v) is 2.50. The molecule has 5 nitrogen and oxygen atoms in total. The summed E-state index contributed by atoms with van der Waals surface area (Å²) in [5.41, 5.74) is 1.03. The lowest BCUT2D eigenvalue weighted by molar-refractivity contribution is -0.131. The monoisotopic (exact) mass is 276 g/mol. The maximum absolute atomic E-state index is 12.0. The highest BCUT2D eigenvalue weighted by atomic mass is 16.2. The van der Waals surface area contributed by atoms with Crippen LogP contribution < -0.4 is 5.32 Å². The number of anilines is 1. The summed E-state index contributed by atoms with van der Waals surface area (Å²) in [6.07, 6.45) is 4.96. The first-order chi connectivity index (χ1) is 9.69. The van der Waals surface area contributed by atoms with Crippen molar-refractivity contribution in [2.75, 3.05) is 25.0 Å². The number of hydrogen-bond donors (Lipinski definition) is 1. The Labute approximate surface area is 120 Å². The second kappa shape index (κ2) is 7.22. The molecule has 0 spiro atoms. The Morgan fingerprint density at radius 3 is 2.75 bits per heavy atom. The number of amides is 1. The second-order valence-corrected chi connectivity index (χ2v) is 5.26. The van der Waals surface area contributed by atoms with Gasteiger partial charge in [-0.3, -0.25) is 4.79 Å². The molecule has 0 saturated carbocycles. The topological polar surface area (TPSA) is 58.1 Å². The van der Waals surface area contributed by atoms with Crippen molar-refractivity contribution < 1.29 is 4.79 Å². The molecule has 2 heterocycles. The number of likely N-dealkylation sites (tertiary alicyclic amines) is 1. The second-order valence-electron chi connectivity index (χ2n) is 5.26. The minimum Gasteiger partial charge on any atom is -0.369 e. The number of nitrogens with zero attached hydrogens (tertiary/aromatic N) is 3. The van der Waals surface area contributed by atoms with Crippen molar-refractivity contribution in [3.63, 3.8) is 0 Å². The number of carbonyl (C=O) groups excluding carboxylic acids is 1. The van der Waals surface area contributed by atoms with Crippen LogP contribution in [0, 0.1) is 6.92 Å². The van der Waals surface area contributed by atoms with Crippen LogP contribution in [-0.2, 0) is 11.2 Å². The Morgan fingerprint density at radius 1 is 1.30 bits per heavy atom. The van der Waals surface area contributed by atoms with Gasteiger partial charge in [-0.1, -0.05) is 6.92 Å². The van der Waals surface area contributed by atoms with Crippen molar-refractivity contribution in [1.29, 1.82) is 0 Å². The molecule has 0 unspecified atom stereocenters. The van der Waals surface area contributed by atoms with Crippen molar-refractivity contribution in [1.82, 2.24) is 14.9 Å². The van der Waals surface area contributed by atoms with Crippen LogP contribution in [0.25, 0.3) is 0 Å². The molecule has 2 rings (SSSR count). The summed E-state index contributed by atoms with van der Waals surface area (Å²) < 4.78 is 0. The number of carbonyl (C=O) groups is 1. The van der Waals surface area contributed by atoms with E-state index >= 15 is 0 Å². The van der Waals surface area contributed by atoms with Crippen LogP contribution in [0.4, 0.5) is 5.82 Å². The number of nitrogens with one attached hydrogen (secondary N) is 1. The van der Waals surface area contributed by atoms with Gasteiger partial charge in [-0.2, -0.15) is 0 Å². The SMILES string of the molecule is CCc1cc(NCCC(=O)N2CCCCC2)nc(C)n1. The molecule has 1 fully saturated rings. The molecule has 5 heteroatoms. The zero-order valence-electron chi connectivity index (χ0n) is 12.5. The smallest absolute Gasteiger partial charge is 0.224 e. The number of aromatic nitrogens is 2. The third kappa shape index (κ3) is 4.18. The van der Waals surface area contributed by atoms with E-state index in [1.807, 2.05) is 17.9 Å². The standard InChI is InChI=1S/C15H24N4O/c1-3-13-11-14(18-12(2)17-13)16-8-7-15(20)19-9-5-4-6-10-19/h11H,3-10H2,1-2H3,(H,16,17,18). The van der Waals surface area contributed by atoms with E-state index in [1.165, 1.54) is 6.42 Å². The van der Waals surface area contributed by atoms with E-state index in [9.17, 15) is 4.79 Å². The van der Waals surface area contributed by atoms with Crippen molar-refractivity contribution in [2.24, 2.45) is 0 Å². The number of piperidine rings is 1. The Balaban J connectivity index is 1.80. The molecule has 1 aliphatic rings. The van der Waals surface area contributed by atoms with Crippen LogP contribution in [-0.4, -0.2) is 40.4 Å². The maximum atomic E-state index is 12.0. The summed E-state index contributed by atoms with van der Waals surface area (Å²) in [6.45, 7) is 6.44. The molecular formula is C15H24N4O. The van der Waals surface area contributed by atoms with Gasteiger partial charge in [0.15, 0.2) is 0 Å². The highest BCUT2D eigenvalue weighted by molar-refractivity contribution is 5.76. The van der Waals surface area contributed by atoms with Crippen LogP contribution in [0.3, 0.4) is 0 Å². The predicted octanol–water partition coefficient (Wildman–Crippen LogP) is 2.16. The van der Waals surface area contributed by atoms with E-state index in [4.69, 9.17) is 0 Å². The number of aryl methyl sites for hydroxylation is 2. The first-order valence-corrected chi connectivity index (χ1v) is 7.55. The van der Waals surface area contributed by atoms with Gasteiger partial charge in [0.05, 0.1) is 0 Å². The van der Waals surface area contributed by atoms with E-state index in [0.29, 0.717) is 13.0 Å². The van der Waals surface area contributed by atoms with Crippen molar-refractivity contribution in [2.45, 2.75) is 46.0 Å². The van der Waals surface area contributed by atoms with Crippen molar-refractivity contribution >= 4 is 11.7 Å². The Bertz CT molecular complexity index is 455. The van der Waals surface area contributed by atoms with Gasteiger partial charge in [-0.25, -0.2) is 9.97 Å². The normalized spacial score (nSPS) is 15.2. The van der Waals surface area contributed by atoms with Crippen LogP contribution in [0.1, 0.15) is 44.1 Å². The lowest BCUT2D eigenvalue weighted by Crippen LogP contribution is -2.36. The summed E-state index contributed by atoms with van der Waals surface area (Å²) in [7, 11) is 0. The molecule has 1 saturated heterocycles. The van der Waals surface area contributed by atoms with Crippen molar-refractivity contribution in [3.05, 3.63) is 17.6 Å². The molecular weight excluding hydrogens is 252 g/mol. The van der Waals surface area contributed by atoms with Crippen LogP contribution in [0.5, 0.6) is 0 Å². The van der Waals surface area contributed by atoms with Crippen LogP contribution in [0.2, 0.25) is 0 Å². The Hall–Kier alpha value is -1.65. The zero-order chi connectivity index (χ0) is 14.4. The molecule has 20 heavy (non-hydrogen) atoms. The molecule has 1 amide bonds. The molecule has 0 aliphatic carbocycles. The molecule has 0 aromatic carbocycles. The van der Waals surface area contributed by atoms with Gasteiger partial charge < -0.3 is 10.2 Å². The number of hydrogen-bond acceptors (Lipinski definition) is 4. The average molecular weight is 276 g/mol. The lowest BCUT2D eigenvalue weighted by atomic mass is 10.1. The van der Waals surface area contributed by atoms with Gasteiger partial charge in [-0.15, -0.1) is 0 Å². The maximum Gasteiger partial charge on any atom is 0.224 e. The largest absolute Gasteiger partial charge is 0.369 e. The molecule has 1 aromatic heterocycles. The molecule has 1 aromatic rings. The molecule has 1 aliphatic heterocycles. The zero-order valence-corrected chi connectivity index (χ0v) is 12.5. The van der Waals surface area contributed by atoms with Gasteiger partial charge in [0.1, 0.15) is 11.6 Å². The van der Waals surface area contributed by atoms with Crippen LogP contribution in [0.15, 0.2) is 6.07 Å². The average Bonchev–Trinajstić information content (AvgIpc) is 2.47. The molecule has 1 N–H and O–H groups in total. The van der Waals surface area contributed by atoms with E-state index in [-0.39, 0.29) is 5.91 Å². The lowest BCUT2D eigenvalue weighted by Gasteiger charge is -2.26. The van der Waals surface area contributed by atoms with Gasteiger partial charge in [-0.05, 0) is 32.6 Å². The summed E-state index contributed by atoms with van der Waals surface area (Å²) in [5.74, 6) is 1.84. The fourth-order valence-electron chi connectivity index (χ4n) is 2.50. The van der Waals surface area contributed by atoms with Gasteiger partial charge in [0.2, 0.25) is 5.91 Å². The summed E-state index contributed by atoms with van der Waals surface area (Å²) in [5, 5.41) is 3.23. The Morgan fingerprint density at radius 2 is 2.05 bits per heavy atom. The van der Waals surface area contributed by atoms with E-state index < -0.39 is 0 Å². The highest BCUT2D eigenvalue weighted by Gasteiger charge is 2.15. The number of rotatable bonds is 5. The first-order valence-electron chi connectivity index (χ1n) is 7.55. The molecule has 0 atom stereocenters. The Kier molecular flexibility index (Phi) is 5.32. The molecule has 0 bridgehead atoms. The minimum atomic E-state index is 0.249. The molecule has 0 radical (unpaired) electrons. The van der Waals surface area contributed by atoms with Gasteiger partial charge in [0.25, 0.3) is 0 Å². The minimum absolute atomic E-state index is 0.249. The third-order valence-electron chi connectivity index (χ3n) is 3.61. The summed E-state index contributed by atoms with van der Waals surface area (Å²) in [4.78, 5) is 22.7. The summed E-state index contributed by atoms with van der Waals surface area (Å²) >= 11 is 0.